The minimum atomic E-state index is -0.473. The Hall–Kier alpha value is -1.71. The van der Waals surface area contributed by atoms with Crippen LogP contribution in [0.25, 0.3) is 0 Å². The van der Waals surface area contributed by atoms with Crippen LogP contribution < -0.4 is 16.2 Å². The van der Waals surface area contributed by atoms with Gasteiger partial charge < -0.3 is 16.2 Å². The molecule has 0 aliphatic heterocycles. The van der Waals surface area contributed by atoms with E-state index >= 15 is 0 Å². The van der Waals surface area contributed by atoms with Gasteiger partial charge in [-0.1, -0.05) is 12.8 Å². The van der Waals surface area contributed by atoms with Crippen molar-refractivity contribution in [3.63, 3.8) is 0 Å². The molecule has 0 spiro atoms. The summed E-state index contributed by atoms with van der Waals surface area (Å²) in [6.45, 7) is 0. The van der Waals surface area contributed by atoms with Gasteiger partial charge in [-0.05, 0) is 37.8 Å². The van der Waals surface area contributed by atoms with Crippen molar-refractivity contribution in [3.8, 4) is 5.75 Å². The first kappa shape index (κ1) is 12.7. The molecule has 0 heterocycles. The zero-order valence-corrected chi connectivity index (χ0v) is 10.5. The molecule has 0 bridgehead atoms. The van der Waals surface area contributed by atoms with Gasteiger partial charge in [0, 0.05) is 11.8 Å². The number of rotatable bonds is 3. The second-order valence-corrected chi connectivity index (χ2v) is 4.85. The summed E-state index contributed by atoms with van der Waals surface area (Å²) >= 11 is 0. The molecule has 1 aromatic rings. The van der Waals surface area contributed by atoms with Gasteiger partial charge in [0.05, 0.1) is 11.7 Å². The van der Waals surface area contributed by atoms with Gasteiger partial charge in [-0.25, -0.2) is 0 Å². The highest BCUT2D eigenvalue weighted by molar-refractivity contribution is 5.96. The fourth-order valence-electron chi connectivity index (χ4n) is 2.38. The van der Waals surface area contributed by atoms with Crippen molar-refractivity contribution in [2.45, 2.75) is 44.6 Å². The third-order valence-electron chi connectivity index (χ3n) is 3.37. The van der Waals surface area contributed by atoms with E-state index < -0.39 is 5.91 Å². The summed E-state index contributed by atoms with van der Waals surface area (Å²) < 4.78 is 5.93. The van der Waals surface area contributed by atoms with Crippen molar-refractivity contribution in [1.82, 2.24) is 0 Å². The highest BCUT2D eigenvalue weighted by atomic mass is 16.5. The lowest BCUT2D eigenvalue weighted by atomic mass is 10.1. The molecule has 1 aliphatic carbocycles. The van der Waals surface area contributed by atoms with Crippen molar-refractivity contribution >= 4 is 11.6 Å². The topological polar surface area (TPSA) is 78.3 Å². The molecule has 0 unspecified atom stereocenters. The predicted molar refractivity (Wildman–Crippen MR) is 71.5 cm³/mol. The van der Waals surface area contributed by atoms with Crippen molar-refractivity contribution in [2.24, 2.45) is 5.73 Å². The number of nitrogens with two attached hydrogens (primary N) is 2. The van der Waals surface area contributed by atoms with Gasteiger partial charge >= 0.3 is 0 Å². The lowest BCUT2D eigenvalue weighted by molar-refractivity contribution is 0.0991. The molecule has 4 N–H and O–H groups in total. The smallest absolute Gasteiger partial charge is 0.252 e. The van der Waals surface area contributed by atoms with E-state index in [0.29, 0.717) is 17.0 Å². The average Bonchev–Trinajstić information content (AvgIpc) is 2.57. The van der Waals surface area contributed by atoms with Crippen LogP contribution in [0, 0.1) is 0 Å². The molecule has 1 amide bonds. The first-order valence-electron chi connectivity index (χ1n) is 6.53. The zero-order chi connectivity index (χ0) is 13.0. The van der Waals surface area contributed by atoms with Gasteiger partial charge in [0.15, 0.2) is 0 Å². The number of ether oxygens (including phenoxy) is 1. The Labute approximate surface area is 107 Å². The third kappa shape index (κ3) is 3.15. The predicted octanol–water partition coefficient (Wildman–Crippen LogP) is 2.47. The van der Waals surface area contributed by atoms with Crippen LogP contribution >= 0.6 is 0 Å². The number of anilines is 1. The lowest BCUT2D eigenvalue weighted by Crippen LogP contribution is -2.19. The van der Waals surface area contributed by atoms with Crippen LogP contribution in [0.3, 0.4) is 0 Å². The number of carbonyl (C=O) groups is 1. The molecule has 0 radical (unpaired) electrons. The van der Waals surface area contributed by atoms with Crippen LogP contribution in [-0.2, 0) is 0 Å². The second-order valence-electron chi connectivity index (χ2n) is 4.85. The van der Waals surface area contributed by atoms with E-state index in [2.05, 4.69) is 0 Å². The van der Waals surface area contributed by atoms with E-state index in [4.69, 9.17) is 16.2 Å². The molecular weight excluding hydrogens is 228 g/mol. The maximum absolute atomic E-state index is 11.3. The molecule has 1 saturated carbocycles. The van der Waals surface area contributed by atoms with E-state index in [1.807, 2.05) is 0 Å². The van der Waals surface area contributed by atoms with E-state index in [1.165, 1.54) is 25.7 Å². The highest BCUT2D eigenvalue weighted by Gasteiger charge is 2.17. The summed E-state index contributed by atoms with van der Waals surface area (Å²) in [7, 11) is 0. The number of amides is 1. The average molecular weight is 248 g/mol. The summed E-state index contributed by atoms with van der Waals surface area (Å²) in [4.78, 5) is 11.3. The fraction of sp³-hybridized carbons (Fsp3) is 0.500. The van der Waals surface area contributed by atoms with Crippen LogP contribution in [-0.4, -0.2) is 12.0 Å². The number of primary amides is 1. The van der Waals surface area contributed by atoms with E-state index in [-0.39, 0.29) is 6.10 Å². The Bertz CT molecular complexity index is 424. The number of hydrogen-bond acceptors (Lipinski definition) is 3. The fourth-order valence-corrected chi connectivity index (χ4v) is 2.38. The number of nitrogen functional groups attached to an aromatic ring is 1. The van der Waals surface area contributed by atoms with Crippen LogP contribution in [0.15, 0.2) is 18.2 Å². The zero-order valence-electron chi connectivity index (χ0n) is 10.5. The summed E-state index contributed by atoms with van der Waals surface area (Å²) in [6.07, 6.45) is 7.13. The molecule has 1 aliphatic rings. The van der Waals surface area contributed by atoms with Gasteiger partial charge in [-0.15, -0.1) is 0 Å². The molecular formula is C14H20N2O2. The molecule has 4 heteroatoms. The first-order valence-corrected chi connectivity index (χ1v) is 6.53. The maximum atomic E-state index is 11.3. The quantitative estimate of drug-likeness (QED) is 0.637. The van der Waals surface area contributed by atoms with Gasteiger partial charge in [0.1, 0.15) is 5.75 Å². The van der Waals surface area contributed by atoms with Crippen molar-refractivity contribution in [2.75, 3.05) is 5.73 Å². The molecule has 4 nitrogen and oxygen atoms in total. The largest absolute Gasteiger partial charge is 0.490 e. The second kappa shape index (κ2) is 5.76. The molecule has 2 rings (SSSR count). The van der Waals surface area contributed by atoms with Gasteiger partial charge in [-0.2, -0.15) is 0 Å². The first-order chi connectivity index (χ1) is 8.66. The Balaban J connectivity index is 2.15. The maximum Gasteiger partial charge on any atom is 0.252 e. The van der Waals surface area contributed by atoms with Crippen molar-refractivity contribution < 1.29 is 9.53 Å². The summed E-state index contributed by atoms with van der Waals surface area (Å²) in [5.74, 6) is 0.0491. The van der Waals surface area contributed by atoms with E-state index in [0.717, 1.165) is 12.8 Å². The molecule has 18 heavy (non-hydrogen) atoms. The van der Waals surface area contributed by atoms with Crippen LogP contribution in [0.5, 0.6) is 5.75 Å². The summed E-state index contributed by atoms with van der Waals surface area (Å²) in [6, 6.07) is 4.98. The SMILES string of the molecule is NC(=O)c1ccc(N)cc1OC1CCCCCC1. The molecule has 1 aromatic carbocycles. The van der Waals surface area contributed by atoms with Crippen LogP contribution in [0.1, 0.15) is 48.9 Å². The van der Waals surface area contributed by atoms with Gasteiger partial charge in [0.2, 0.25) is 0 Å². The molecule has 0 aromatic heterocycles. The van der Waals surface area contributed by atoms with E-state index in [1.54, 1.807) is 18.2 Å². The minimum absolute atomic E-state index is 0.174. The molecule has 0 atom stereocenters. The van der Waals surface area contributed by atoms with E-state index in [9.17, 15) is 4.79 Å². The number of carbonyl (C=O) groups excluding carboxylic acids is 1. The van der Waals surface area contributed by atoms with Crippen molar-refractivity contribution in [3.05, 3.63) is 23.8 Å². The Morgan fingerprint density at radius 3 is 2.44 bits per heavy atom. The molecule has 1 fully saturated rings. The normalized spacial score (nSPS) is 17.1. The standard InChI is InChI=1S/C14H20N2O2/c15-10-7-8-12(14(16)17)13(9-10)18-11-5-3-1-2-4-6-11/h7-9,11H,1-6,15H2,(H2,16,17). The van der Waals surface area contributed by atoms with Crippen LogP contribution in [0.4, 0.5) is 5.69 Å². The Morgan fingerprint density at radius 1 is 1.17 bits per heavy atom. The Kier molecular flexibility index (Phi) is 4.07. The molecule has 0 saturated heterocycles. The van der Waals surface area contributed by atoms with Crippen molar-refractivity contribution in [1.29, 1.82) is 0 Å². The lowest BCUT2D eigenvalue weighted by Gasteiger charge is -2.18. The third-order valence-corrected chi connectivity index (χ3v) is 3.37. The number of hydrogen-bond donors (Lipinski definition) is 2. The van der Waals surface area contributed by atoms with Gasteiger partial charge in [0.25, 0.3) is 5.91 Å². The monoisotopic (exact) mass is 248 g/mol. The molecule has 98 valence electrons. The summed E-state index contributed by atoms with van der Waals surface area (Å²) in [5.41, 5.74) is 12.1. The number of benzene rings is 1. The van der Waals surface area contributed by atoms with Crippen LogP contribution in [0.2, 0.25) is 0 Å². The van der Waals surface area contributed by atoms with Gasteiger partial charge in [-0.3, -0.25) is 4.79 Å². The minimum Gasteiger partial charge on any atom is -0.490 e. The summed E-state index contributed by atoms with van der Waals surface area (Å²) in [5, 5.41) is 0. The Morgan fingerprint density at radius 2 is 1.83 bits per heavy atom. The highest BCUT2D eigenvalue weighted by Crippen LogP contribution is 2.27.